The lowest BCUT2D eigenvalue weighted by Crippen LogP contribution is -2.36. The number of hydrogen-bond donors (Lipinski definition) is 3. The number of aromatic hydroxyl groups is 2. The summed E-state index contributed by atoms with van der Waals surface area (Å²) < 4.78 is 49.4. The Morgan fingerprint density at radius 1 is 0.541 bits per heavy atom. The Labute approximate surface area is 578 Å². The molecule has 8 aromatic rings. The minimum absolute atomic E-state index is 0.0231. The number of nitrogens with zero attached hydrogens (tertiary/aromatic N) is 2. The highest BCUT2D eigenvalue weighted by atomic mass is 16.7. The van der Waals surface area contributed by atoms with E-state index >= 15 is 0 Å². The van der Waals surface area contributed by atoms with E-state index in [4.69, 9.17) is 33.2 Å². The number of allylic oxidation sites excluding steroid dienone is 7. The van der Waals surface area contributed by atoms with Crippen LogP contribution in [0.5, 0.6) is 17.2 Å². The maximum absolute atomic E-state index is 11.8. The van der Waals surface area contributed by atoms with Crippen LogP contribution in [0.15, 0.2) is 206 Å². The summed E-state index contributed by atoms with van der Waals surface area (Å²) >= 11 is 0. The van der Waals surface area contributed by atoms with Crippen molar-refractivity contribution in [3.8, 4) is 17.2 Å². The van der Waals surface area contributed by atoms with Crippen molar-refractivity contribution in [1.29, 1.82) is 0 Å². The SMILES string of the molecule is CCCC1CC(CC(O)CCCC2CC(CCCC3CC(CC)OC(c4ccc(O)cc4)O3)OC(c3ccc(O)cc3)O2)OC(c2ccc(OC3=C(/C=C/C4=[N+](C)c5ccc6ccccc6c5C4(C)C)c4ccccc4/C3=C\C=C3\N(C)c4ccc5ccccc5c4C3(C)C)cc2)O1. The molecule has 10 atom stereocenters. The molecule has 0 radical (unpaired) electrons. The van der Waals surface area contributed by atoms with Crippen molar-refractivity contribution in [1.82, 2.24) is 0 Å². The quantitative estimate of drug-likeness (QED) is 0.0594. The number of benzene rings is 8. The summed E-state index contributed by atoms with van der Waals surface area (Å²) in [6.45, 7) is 13.7. The summed E-state index contributed by atoms with van der Waals surface area (Å²) in [7, 11) is 4.37. The zero-order valence-electron chi connectivity index (χ0n) is 58.0. The van der Waals surface area contributed by atoms with Gasteiger partial charge in [0.15, 0.2) is 24.6 Å². The Kier molecular flexibility index (Phi) is 19.6. The zero-order valence-corrected chi connectivity index (χ0v) is 58.0. The number of phenolic OH excluding ortho intramolecular Hbond substituents is 2. The van der Waals surface area contributed by atoms with E-state index in [0.717, 1.165) is 109 Å². The van der Waals surface area contributed by atoms with Gasteiger partial charge in [0, 0.05) is 88.7 Å². The summed E-state index contributed by atoms with van der Waals surface area (Å²) in [6, 6.07) is 57.5. The first-order valence-electron chi connectivity index (χ1n) is 35.8. The topological polar surface area (TPSA) is 132 Å². The Morgan fingerprint density at radius 2 is 1.05 bits per heavy atom. The van der Waals surface area contributed by atoms with Gasteiger partial charge in [-0.2, -0.15) is 4.58 Å². The fraction of sp³-hybridized carbons (Fsp3) is 0.384. The monoisotopic (exact) mass is 1320 g/mol. The number of hydrogen-bond acceptors (Lipinski definition) is 11. The van der Waals surface area contributed by atoms with Crippen molar-refractivity contribution in [2.24, 2.45) is 0 Å². The molecule has 3 fully saturated rings. The first kappa shape index (κ1) is 67.0. The molecule has 5 aliphatic heterocycles. The van der Waals surface area contributed by atoms with E-state index in [1.807, 2.05) is 36.4 Å². The molecule has 0 aromatic heterocycles. The lowest BCUT2D eigenvalue weighted by atomic mass is 9.79. The van der Waals surface area contributed by atoms with Crippen molar-refractivity contribution in [3.63, 3.8) is 0 Å². The molecule has 0 saturated carbocycles. The van der Waals surface area contributed by atoms with Gasteiger partial charge in [-0.1, -0.05) is 149 Å². The smallest absolute Gasteiger partial charge is 0.210 e. The van der Waals surface area contributed by atoms with Crippen LogP contribution in [0.25, 0.3) is 32.7 Å². The van der Waals surface area contributed by atoms with E-state index in [9.17, 15) is 15.3 Å². The molecule has 10 unspecified atom stereocenters. The second kappa shape index (κ2) is 28.6. The first-order valence-corrected chi connectivity index (χ1v) is 35.8. The number of likely N-dealkylation sites (N-methyl/N-ethyl adjacent to an activating group) is 1. The molecule has 12 heteroatoms. The number of rotatable bonds is 21. The van der Waals surface area contributed by atoms with Crippen molar-refractivity contribution in [2.75, 3.05) is 19.0 Å². The van der Waals surface area contributed by atoms with Crippen LogP contribution in [-0.2, 0) is 39.3 Å². The van der Waals surface area contributed by atoms with Gasteiger partial charge < -0.3 is 53.4 Å². The third-order valence-electron chi connectivity index (χ3n) is 21.5. The molecule has 0 bridgehead atoms. The lowest BCUT2D eigenvalue weighted by molar-refractivity contribution is -0.401. The van der Waals surface area contributed by atoms with E-state index in [1.165, 1.54) is 55.5 Å². The molecule has 14 rings (SSSR count). The van der Waals surface area contributed by atoms with Gasteiger partial charge in [0.05, 0.1) is 48.1 Å². The second-order valence-electron chi connectivity index (χ2n) is 28.9. The van der Waals surface area contributed by atoms with Gasteiger partial charge >= 0.3 is 0 Å². The summed E-state index contributed by atoms with van der Waals surface area (Å²) in [6.07, 6.45) is 17.0. The molecule has 98 heavy (non-hydrogen) atoms. The molecule has 1 aliphatic carbocycles. The predicted octanol–water partition coefficient (Wildman–Crippen LogP) is 19.4. The highest BCUT2D eigenvalue weighted by Gasteiger charge is 2.45. The second-order valence-corrected chi connectivity index (χ2v) is 28.9. The van der Waals surface area contributed by atoms with Crippen LogP contribution in [0.4, 0.5) is 11.4 Å². The molecular formula is C86H95N2O10+. The van der Waals surface area contributed by atoms with Gasteiger partial charge in [-0.05, 0) is 177 Å². The van der Waals surface area contributed by atoms with Crippen LogP contribution in [-0.4, -0.2) is 82.4 Å². The fourth-order valence-electron chi connectivity index (χ4n) is 16.5. The number of aliphatic hydroxyl groups is 1. The maximum atomic E-state index is 11.8. The van der Waals surface area contributed by atoms with Crippen molar-refractivity contribution in [2.45, 2.75) is 197 Å². The number of fused-ring (bicyclic) bond motifs is 7. The molecule has 3 N–H and O–H groups in total. The van der Waals surface area contributed by atoms with Crippen LogP contribution in [0.1, 0.15) is 183 Å². The summed E-state index contributed by atoms with van der Waals surface area (Å²) in [4.78, 5) is 2.35. The molecule has 3 saturated heterocycles. The molecule has 12 nitrogen and oxygen atoms in total. The van der Waals surface area contributed by atoms with Crippen molar-refractivity contribution < 1.29 is 53.1 Å². The highest BCUT2D eigenvalue weighted by Crippen LogP contribution is 2.52. The summed E-state index contributed by atoms with van der Waals surface area (Å²) in [5, 5.41) is 36.9. The number of phenols is 2. The Hall–Kier alpha value is -8.17. The molecule has 0 amide bonds. The zero-order chi connectivity index (χ0) is 67.8. The van der Waals surface area contributed by atoms with Crippen LogP contribution in [0.3, 0.4) is 0 Å². The van der Waals surface area contributed by atoms with Gasteiger partial charge in [0.25, 0.3) is 0 Å². The van der Waals surface area contributed by atoms with Gasteiger partial charge in [-0.25, -0.2) is 0 Å². The fourth-order valence-corrected chi connectivity index (χ4v) is 16.5. The Bertz CT molecular complexity index is 4350. The van der Waals surface area contributed by atoms with E-state index in [-0.39, 0.29) is 59.0 Å². The highest BCUT2D eigenvalue weighted by molar-refractivity contribution is 6.10. The predicted molar refractivity (Wildman–Crippen MR) is 390 cm³/mol. The minimum Gasteiger partial charge on any atom is -0.508 e. The largest absolute Gasteiger partial charge is 0.508 e. The maximum Gasteiger partial charge on any atom is 0.210 e. The van der Waals surface area contributed by atoms with Gasteiger partial charge in [-0.15, -0.1) is 0 Å². The van der Waals surface area contributed by atoms with E-state index < -0.39 is 25.0 Å². The normalized spacial score (nSPS) is 25.4. The molecule has 0 spiro atoms. The Balaban J connectivity index is 0.674. The first-order chi connectivity index (χ1) is 47.5. The standard InChI is InChI=1S/C86H94N2O10/c1-9-19-64-53-68(50-61(91)22-17-23-66-52-67(97-83(96-66)57-32-40-60(90)41-33-57)25-18-24-65-51-62(10-2)93-82(95-65)56-30-38-59(89)39-31-56)98-84(94-64)58-34-42-63(43-35-58)92-81-73(44-48-77-85(3,4)79-69-26-13-11-20-54(69)36-46-75(79)87(77)7)71-28-15-16-29-72(71)74(81)45-49-78-86(5,6)80-70-27-14-12-21-55(70)37-47-76(80)88(78)8/h11-16,20-21,26-49,61-62,64-68,82-84,91H,9-10,17-19,22-25,50-53H2,1-8H3,(H-,89,90)/p+1. The summed E-state index contributed by atoms with van der Waals surface area (Å²) in [5.41, 5.74) is 13.8. The average molecular weight is 1320 g/mol. The van der Waals surface area contributed by atoms with Crippen molar-refractivity contribution in [3.05, 3.63) is 245 Å². The number of ether oxygens (including phenoxy) is 7. The number of aliphatic hydroxyl groups excluding tert-OH is 1. The molecule has 6 aliphatic rings. The summed E-state index contributed by atoms with van der Waals surface area (Å²) in [5.74, 6) is 1.88. The average Bonchev–Trinajstić information content (AvgIpc) is 1.58. The van der Waals surface area contributed by atoms with Gasteiger partial charge in [0.2, 0.25) is 5.69 Å². The molecule has 508 valence electrons. The third kappa shape index (κ3) is 13.7. The van der Waals surface area contributed by atoms with Crippen LogP contribution >= 0.6 is 0 Å². The van der Waals surface area contributed by atoms with Gasteiger partial charge in [0.1, 0.15) is 30.1 Å². The van der Waals surface area contributed by atoms with Crippen molar-refractivity contribution >= 4 is 49.8 Å². The van der Waals surface area contributed by atoms with Crippen LogP contribution in [0, 0.1) is 0 Å². The molecular weight excluding hydrogens is 1220 g/mol. The van der Waals surface area contributed by atoms with E-state index in [0.29, 0.717) is 25.0 Å². The molecule has 5 heterocycles. The van der Waals surface area contributed by atoms with Gasteiger partial charge in [-0.3, -0.25) is 0 Å². The number of anilines is 1. The minimum atomic E-state index is -0.615. The van der Waals surface area contributed by atoms with Crippen LogP contribution < -0.4 is 9.64 Å². The Morgan fingerprint density at radius 3 is 1.66 bits per heavy atom. The third-order valence-corrected chi connectivity index (χ3v) is 21.5. The molecule has 8 aromatic carbocycles. The lowest BCUT2D eigenvalue weighted by Gasteiger charge is -2.38. The van der Waals surface area contributed by atoms with E-state index in [1.54, 1.807) is 24.3 Å². The van der Waals surface area contributed by atoms with E-state index in [2.05, 4.69) is 199 Å². The van der Waals surface area contributed by atoms with Crippen LogP contribution in [0.2, 0.25) is 0 Å².